The first-order chi connectivity index (χ1) is 13.2. The van der Waals surface area contributed by atoms with Crippen LogP contribution in [0.4, 0.5) is 8.78 Å². The second-order valence-corrected chi connectivity index (χ2v) is 6.89. The van der Waals surface area contributed by atoms with Gasteiger partial charge in [0.25, 0.3) is 0 Å². The van der Waals surface area contributed by atoms with Crippen LogP contribution in [0.15, 0.2) is 42.5 Å². The number of carboxylic acids is 1. The number of carbonyl (C=O) groups excluding carboxylic acids is 2. The quantitative estimate of drug-likeness (QED) is 0.684. The first-order valence-electron chi connectivity index (χ1n) is 8.58. The van der Waals surface area contributed by atoms with Crippen molar-refractivity contribution in [2.45, 2.75) is 31.3 Å². The molecule has 0 radical (unpaired) electrons. The molecule has 0 aromatic heterocycles. The van der Waals surface area contributed by atoms with Gasteiger partial charge in [-0.25, -0.2) is 13.6 Å². The summed E-state index contributed by atoms with van der Waals surface area (Å²) in [7, 11) is 0. The normalized spacial score (nSPS) is 20.3. The third kappa shape index (κ3) is 3.71. The lowest BCUT2D eigenvalue weighted by Crippen LogP contribution is -2.42. The summed E-state index contributed by atoms with van der Waals surface area (Å²) in [5.74, 6) is -4.44. The van der Waals surface area contributed by atoms with Gasteiger partial charge in [0.05, 0.1) is 5.56 Å². The largest absolute Gasteiger partial charge is 0.478 e. The smallest absolute Gasteiger partial charge is 0.336 e. The lowest BCUT2D eigenvalue weighted by Gasteiger charge is -2.14. The zero-order valence-electron chi connectivity index (χ0n) is 15.0. The van der Waals surface area contributed by atoms with Crippen molar-refractivity contribution in [1.82, 2.24) is 10.6 Å². The minimum absolute atomic E-state index is 0.0213. The van der Waals surface area contributed by atoms with E-state index in [1.165, 1.54) is 18.2 Å². The molecule has 3 rings (SSSR count). The molecule has 146 valence electrons. The first kappa shape index (κ1) is 19.5. The number of benzene rings is 2. The van der Waals surface area contributed by atoms with Crippen LogP contribution in [0.25, 0.3) is 0 Å². The fourth-order valence-electron chi connectivity index (χ4n) is 3.26. The molecule has 0 spiro atoms. The Kier molecular flexibility index (Phi) is 5.13. The van der Waals surface area contributed by atoms with Crippen LogP contribution in [0.5, 0.6) is 0 Å². The topological polar surface area (TPSA) is 95.5 Å². The highest BCUT2D eigenvalue weighted by molar-refractivity contribution is 6.35. The summed E-state index contributed by atoms with van der Waals surface area (Å²) < 4.78 is 28.0. The maximum Gasteiger partial charge on any atom is 0.336 e. The minimum atomic E-state index is -1.14. The van der Waals surface area contributed by atoms with Crippen LogP contribution in [0.3, 0.4) is 0 Å². The molecule has 2 aromatic carbocycles. The molecule has 2 unspecified atom stereocenters. The van der Waals surface area contributed by atoms with Crippen LogP contribution in [0, 0.1) is 11.6 Å². The van der Waals surface area contributed by atoms with Crippen molar-refractivity contribution in [3.8, 4) is 0 Å². The fourth-order valence-corrected chi connectivity index (χ4v) is 3.26. The average Bonchev–Trinajstić information content (AvgIpc) is 3.29. The number of carboxylic acid groups (broad SMARTS) is 1. The Morgan fingerprint density at radius 1 is 1.07 bits per heavy atom. The second-order valence-electron chi connectivity index (χ2n) is 6.89. The summed E-state index contributed by atoms with van der Waals surface area (Å²) >= 11 is 0. The Bertz CT molecular complexity index is 943. The van der Waals surface area contributed by atoms with Gasteiger partial charge in [-0.1, -0.05) is 31.2 Å². The SMILES string of the molecule is CC1(c2c(F)cccc2F)CC1NC(=O)C(=O)NCc1ccccc1C(=O)O. The number of aromatic carboxylic acids is 1. The van der Waals surface area contributed by atoms with Crippen LogP contribution in [-0.4, -0.2) is 28.9 Å². The second kappa shape index (κ2) is 7.38. The Hall–Kier alpha value is -3.29. The van der Waals surface area contributed by atoms with Crippen molar-refractivity contribution in [1.29, 1.82) is 0 Å². The monoisotopic (exact) mass is 388 g/mol. The molecule has 0 saturated heterocycles. The molecular weight excluding hydrogens is 370 g/mol. The van der Waals surface area contributed by atoms with Crippen molar-refractivity contribution >= 4 is 17.8 Å². The van der Waals surface area contributed by atoms with E-state index >= 15 is 0 Å². The zero-order chi connectivity index (χ0) is 20.5. The van der Waals surface area contributed by atoms with E-state index in [9.17, 15) is 23.2 Å². The summed E-state index contributed by atoms with van der Waals surface area (Å²) in [6.07, 6.45) is 0.297. The number of nitrogens with one attached hydrogen (secondary N) is 2. The maximum atomic E-state index is 14.0. The van der Waals surface area contributed by atoms with E-state index in [-0.39, 0.29) is 17.7 Å². The predicted molar refractivity (Wildman–Crippen MR) is 95.5 cm³/mol. The van der Waals surface area contributed by atoms with Crippen molar-refractivity contribution in [3.05, 3.63) is 70.8 Å². The Balaban J connectivity index is 1.61. The molecule has 28 heavy (non-hydrogen) atoms. The molecular formula is C20H18F2N2O4. The molecule has 8 heteroatoms. The van der Waals surface area contributed by atoms with E-state index < -0.39 is 40.9 Å². The van der Waals surface area contributed by atoms with Crippen molar-refractivity contribution in [3.63, 3.8) is 0 Å². The van der Waals surface area contributed by atoms with E-state index in [1.807, 2.05) is 0 Å². The number of hydrogen-bond acceptors (Lipinski definition) is 3. The highest BCUT2D eigenvalue weighted by Crippen LogP contribution is 2.49. The van der Waals surface area contributed by atoms with Gasteiger partial charge in [-0.3, -0.25) is 9.59 Å². The number of amides is 2. The summed E-state index contributed by atoms with van der Waals surface area (Å²) in [4.78, 5) is 35.3. The maximum absolute atomic E-state index is 14.0. The average molecular weight is 388 g/mol. The zero-order valence-corrected chi connectivity index (χ0v) is 15.0. The van der Waals surface area contributed by atoms with E-state index in [2.05, 4.69) is 10.6 Å². The molecule has 0 aliphatic heterocycles. The molecule has 1 aliphatic rings. The Morgan fingerprint density at radius 2 is 1.71 bits per heavy atom. The minimum Gasteiger partial charge on any atom is -0.478 e. The van der Waals surface area contributed by atoms with Gasteiger partial charge in [-0.05, 0) is 30.2 Å². The van der Waals surface area contributed by atoms with Gasteiger partial charge in [0.15, 0.2) is 0 Å². The summed E-state index contributed by atoms with van der Waals surface area (Å²) in [6, 6.07) is 9.06. The molecule has 0 heterocycles. The van der Waals surface area contributed by atoms with Crippen LogP contribution < -0.4 is 10.6 Å². The molecule has 1 saturated carbocycles. The van der Waals surface area contributed by atoms with Gasteiger partial charge in [0.1, 0.15) is 11.6 Å². The fraction of sp³-hybridized carbons (Fsp3) is 0.250. The van der Waals surface area contributed by atoms with E-state index in [4.69, 9.17) is 5.11 Å². The van der Waals surface area contributed by atoms with Crippen molar-refractivity contribution in [2.75, 3.05) is 0 Å². The lowest BCUT2D eigenvalue weighted by molar-refractivity contribution is -0.139. The molecule has 0 bridgehead atoms. The van der Waals surface area contributed by atoms with Gasteiger partial charge >= 0.3 is 17.8 Å². The number of halogens is 2. The Morgan fingerprint density at radius 3 is 2.36 bits per heavy atom. The number of rotatable bonds is 5. The van der Waals surface area contributed by atoms with Crippen LogP contribution in [-0.2, 0) is 21.5 Å². The highest BCUT2D eigenvalue weighted by Gasteiger charge is 2.55. The molecule has 1 fully saturated rings. The first-order valence-corrected chi connectivity index (χ1v) is 8.58. The summed E-state index contributed by atoms with van der Waals surface area (Å²) in [5.41, 5.74) is -0.675. The third-order valence-corrected chi connectivity index (χ3v) is 4.97. The van der Waals surface area contributed by atoms with Gasteiger partial charge in [0, 0.05) is 23.6 Å². The molecule has 1 aliphatic carbocycles. The van der Waals surface area contributed by atoms with Gasteiger partial charge in [-0.2, -0.15) is 0 Å². The molecule has 2 aromatic rings. The standard InChI is InChI=1S/C20H18F2N2O4/c1-20(16-13(21)7-4-8-14(16)22)9-15(20)24-18(26)17(25)23-10-11-5-2-3-6-12(11)19(27)28/h2-8,15H,9-10H2,1H3,(H,23,25)(H,24,26)(H,27,28). The van der Waals surface area contributed by atoms with E-state index in [0.29, 0.717) is 12.0 Å². The predicted octanol–water partition coefficient (Wildman–Crippen LogP) is 2.13. The summed E-state index contributed by atoms with van der Waals surface area (Å²) in [6.45, 7) is 1.47. The van der Waals surface area contributed by atoms with Crippen LogP contribution in [0.1, 0.15) is 34.8 Å². The molecule has 3 N–H and O–H groups in total. The molecule has 6 nitrogen and oxygen atoms in total. The third-order valence-electron chi connectivity index (χ3n) is 4.97. The number of hydrogen-bond donors (Lipinski definition) is 3. The van der Waals surface area contributed by atoms with Crippen LogP contribution in [0.2, 0.25) is 0 Å². The molecule has 2 amide bonds. The highest BCUT2D eigenvalue weighted by atomic mass is 19.1. The van der Waals surface area contributed by atoms with Gasteiger partial charge < -0.3 is 15.7 Å². The molecule has 2 atom stereocenters. The van der Waals surface area contributed by atoms with E-state index in [0.717, 1.165) is 12.1 Å². The Labute approximate surface area is 159 Å². The van der Waals surface area contributed by atoms with Crippen molar-refractivity contribution in [2.24, 2.45) is 0 Å². The summed E-state index contributed by atoms with van der Waals surface area (Å²) in [5, 5.41) is 13.9. The van der Waals surface area contributed by atoms with Crippen molar-refractivity contribution < 1.29 is 28.3 Å². The lowest BCUT2D eigenvalue weighted by atomic mass is 9.96. The van der Waals surface area contributed by atoms with Gasteiger partial charge in [-0.15, -0.1) is 0 Å². The van der Waals surface area contributed by atoms with Gasteiger partial charge in [0.2, 0.25) is 0 Å². The van der Waals surface area contributed by atoms with E-state index in [1.54, 1.807) is 19.1 Å². The number of carbonyl (C=O) groups is 3. The van der Waals surface area contributed by atoms with Crippen LogP contribution >= 0.6 is 0 Å².